The van der Waals surface area contributed by atoms with Gasteiger partial charge in [0.15, 0.2) is 12.5 Å². The highest BCUT2D eigenvalue weighted by atomic mass is 35.5. The summed E-state index contributed by atoms with van der Waals surface area (Å²) >= 11 is 10.2. The van der Waals surface area contributed by atoms with Gasteiger partial charge in [-0.15, -0.1) is 0 Å². The van der Waals surface area contributed by atoms with Crippen LogP contribution in [0.25, 0.3) is 0 Å². The third-order valence-electron chi connectivity index (χ3n) is 2.15. The number of aliphatic imine (C=N–C) groups is 1. The topological polar surface area (TPSA) is 47.9 Å². The number of isothiocyanates is 1. The van der Waals surface area contributed by atoms with Gasteiger partial charge in [-0.05, 0) is 19.1 Å². The Morgan fingerprint density at radius 3 is 2.83 bits per heavy atom. The monoisotopic (exact) mass is 289 g/mol. The average molecular weight is 290 g/mol. The molecule has 0 saturated carbocycles. The summed E-state index contributed by atoms with van der Waals surface area (Å²) in [4.78, 5) is 14.2. The van der Waals surface area contributed by atoms with E-state index >= 15 is 0 Å². The SMILES string of the molecule is COC(C)OC1=C(Cl)C(=C=O)C(F)C(N=C=S)=C1. The first-order valence-electron chi connectivity index (χ1n) is 4.83. The van der Waals surface area contributed by atoms with Gasteiger partial charge in [-0.25, -0.2) is 9.18 Å². The highest BCUT2D eigenvalue weighted by molar-refractivity contribution is 7.78. The molecule has 0 fully saturated rings. The minimum Gasteiger partial charge on any atom is -0.464 e. The molecule has 2 atom stereocenters. The smallest absolute Gasteiger partial charge is 0.196 e. The number of methoxy groups -OCH3 is 1. The van der Waals surface area contributed by atoms with E-state index in [4.69, 9.17) is 21.1 Å². The summed E-state index contributed by atoms with van der Waals surface area (Å²) in [5, 5.41) is 1.86. The molecule has 0 amide bonds. The van der Waals surface area contributed by atoms with Crippen LogP contribution in [0.1, 0.15) is 6.92 Å². The Kier molecular flexibility index (Phi) is 5.41. The molecule has 2 unspecified atom stereocenters. The summed E-state index contributed by atoms with van der Waals surface area (Å²) in [6.07, 6.45) is -1.18. The lowest BCUT2D eigenvalue weighted by molar-refractivity contribution is -0.0768. The first kappa shape index (κ1) is 14.8. The molecule has 0 heterocycles. The van der Waals surface area contributed by atoms with Crippen LogP contribution in [0, 0.1) is 0 Å². The molecule has 1 aliphatic rings. The molecular formula is C11H9ClFNO3S. The van der Waals surface area contributed by atoms with E-state index in [1.54, 1.807) is 6.92 Å². The fourth-order valence-electron chi connectivity index (χ4n) is 1.21. The zero-order valence-electron chi connectivity index (χ0n) is 9.57. The molecule has 0 radical (unpaired) electrons. The average Bonchev–Trinajstić information content (AvgIpc) is 2.36. The number of thiocarbonyl (C=S) groups is 1. The van der Waals surface area contributed by atoms with E-state index in [-0.39, 0.29) is 22.1 Å². The minimum atomic E-state index is -1.80. The van der Waals surface area contributed by atoms with Crippen LogP contribution < -0.4 is 0 Å². The Morgan fingerprint density at radius 1 is 1.67 bits per heavy atom. The Labute approximate surface area is 113 Å². The molecule has 96 valence electrons. The van der Waals surface area contributed by atoms with Crippen molar-refractivity contribution in [1.82, 2.24) is 0 Å². The number of alkyl halides is 1. The predicted octanol–water partition coefficient (Wildman–Crippen LogP) is 2.54. The molecule has 0 spiro atoms. The molecule has 0 bridgehead atoms. The molecule has 0 aromatic rings. The molecule has 4 nitrogen and oxygen atoms in total. The van der Waals surface area contributed by atoms with E-state index in [1.165, 1.54) is 19.1 Å². The zero-order chi connectivity index (χ0) is 13.7. The van der Waals surface area contributed by atoms with Crippen molar-refractivity contribution < 1.29 is 18.7 Å². The van der Waals surface area contributed by atoms with Crippen LogP contribution >= 0.6 is 23.8 Å². The third-order valence-corrected chi connectivity index (χ3v) is 2.64. The summed E-state index contributed by atoms with van der Waals surface area (Å²) in [6, 6.07) is 0. The number of halogens is 2. The van der Waals surface area contributed by atoms with Crippen molar-refractivity contribution in [1.29, 1.82) is 0 Å². The lowest BCUT2D eigenvalue weighted by Crippen LogP contribution is -2.18. The molecule has 1 rings (SSSR count). The molecule has 0 N–H and O–H groups in total. The number of nitrogens with zero attached hydrogens (tertiary/aromatic N) is 1. The van der Waals surface area contributed by atoms with Gasteiger partial charge in [-0.2, -0.15) is 4.99 Å². The summed E-state index contributed by atoms with van der Waals surface area (Å²) in [7, 11) is 1.43. The van der Waals surface area contributed by atoms with Crippen LogP contribution in [0.3, 0.4) is 0 Å². The Morgan fingerprint density at radius 2 is 2.33 bits per heavy atom. The normalized spacial score (nSPS) is 20.8. The third kappa shape index (κ3) is 3.13. The van der Waals surface area contributed by atoms with Crippen LogP contribution in [0.5, 0.6) is 0 Å². The molecular weight excluding hydrogens is 281 g/mol. The Hall–Kier alpha value is -1.29. The predicted molar refractivity (Wildman–Crippen MR) is 67.6 cm³/mol. The number of allylic oxidation sites excluding steroid dienone is 3. The number of rotatable bonds is 4. The van der Waals surface area contributed by atoms with Crippen molar-refractivity contribution in [2.45, 2.75) is 19.4 Å². The van der Waals surface area contributed by atoms with Crippen LogP contribution in [-0.4, -0.2) is 30.7 Å². The van der Waals surface area contributed by atoms with Gasteiger partial charge in [0, 0.05) is 13.2 Å². The first-order chi connectivity index (χ1) is 8.54. The second-order valence-corrected chi connectivity index (χ2v) is 3.81. The van der Waals surface area contributed by atoms with Crippen LogP contribution in [0.4, 0.5) is 4.39 Å². The number of ether oxygens (including phenoxy) is 2. The van der Waals surface area contributed by atoms with E-state index < -0.39 is 12.5 Å². The maximum Gasteiger partial charge on any atom is 0.196 e. The molecule has 7 heteroatoms. The highest BCUT2D eigenvalue weighted by Crippen LogP contribution is 2.34. The van der Waals surface area contributed by atoms with E-state index in [0.29, 0.717) is 0 Å². The summed E-state index contributed by atoms with van der Waals surface area (Å²) in [5.74, 6) is 1.50. The van der Waals surface area contributed by atoms with Gasteiger partial charge in [-0.1, -0.05) is 11.6 Å². The van der Waals surface area contributed by atoms with Crippen molar-refractivity contribution in [3.8, 4) is 0 Å². The van der Waals surface area contributed by atoms with Gasteiger partial charge in [0.25, 0.3) is 0 Å². The van der Waals surface area contributed by atoms with Crippen LogP contribution in [-0.2, 0) is 14.3 Å². The highest BCUT2D eigenvalue weighted by Gasteiger charge is 2.30. The van der Waals surface area contributed by atoms with Crippen LogP contribution in [0.15, 0.2) is 33.1 Å². The molecule has 0 aliphatic heterocycles. The summed E-state index contributed by atoms with van der Waals surface area (Å²) in [6.45, 7) is 1.61. The maximum atomic E-state index is 13.8. The summed E-state index contributed by atoms with van der Waals surface area (Å²) in [5.41, 5.74) is -0.507. The molecule has 0 saturated heterocycles. The van der Waals surface area contributed by atoms with E-state index in [9.17, 15) is 9.18 Å². The van der Waals surface area contributed by atoms with Gasteiger partial charge in [-0.3, -0.25) is 0 Å². The first-order valence-corrected chi connectivity index (χ1v) is 5.61. The second-order valence-electron chi connectivity index (χ2n) is 3.25. The van der Waals surface area contributed by atoms with Gasteiger partial charge >= 0.3 is 0 Å². The van der Waals surface area contributed by atoms with Gasteiger partial charge in [0.05, 0.1) is 16.4 Å². The van der Waals surface area contributed by atoms with Gasteiger partial charge in [0.1, 0.15) is 16.7 Å². The largest absolute Gasteiger partial charge is 0.464 e. The quantitative estimate of drug-likeness (QED) is 0.345. The van der Waals surface area contributed by atoms with Crippen LogP contribution in [0.2, 0.25) is 0 Å². The standard InChI is InChI=1S/C11H9ClFNO3S/c1-6(16-2)17-9-3-8(14-5-18)11(13)7(4-15)10(9)12/h3,6,11H,1-2H3. The van der Waals surface area contributed by atoms with E-state index in [2.05, 4.69) is 17.2 Å². The number of hydrogen-bond acceptors (Lipinski definition) is 5. The fraction of sp³-hybridized carbons (Fsp3) is 0.364. The van der Waals surface area contributed by atoms with Gasteiger partial charge < -0.3 is 9.47 Å². The molecule has 0 aromatic heterocycles. The van der Waals surface area contributed by atoms with Crippen molar-refractivity contribution in [3.05, 3.63) is 28.1 Å². The Bertz CT molecular complexity index is 504. The van der Waals surface area contributed by atoms with Crippen molar-refractivity contribution in [2.24, 2.45) is 4.99 Å². The fourth-order valence-corrected chi connectivity index (χ4v) is 1.55. The molecule has 0 aromatic carbocycles. The number of hydrogen-bond donors (Lipinski definition) is 0. The Balaban J connectivity index is 3.23. The van der Waals surface area contributed by atoms with Crippen molar-refractivity contribution >= 4 is 34.9 Å². The zero-order valence-corrected chi connectivity index (χ0v) is 11.1. The van der Waals surface area contributed by atoms with Crippen molar-refractivity contribution in [3.63, 3.8) is 0 Å². The lowest BCUT2D eigenvalue weighted by Gasteiger charge is -2.20. The van der Waals surface area contributed by atoms with E-state index in [0.717, 1.165) is 0 Å². The van der Waals surface area contributed by atoms with Gasteiger partial charge in [0.2, 0.25) is 0 Å². The second kappa shape index (κ2) is 6.59. The number of carbonyl (C=O) groups excluding carboxylic acids is 1. The maximum absolute atomic E-state index is 13.8. The minimum absolute atomic E-state index is 0.0715. The van der Waals surface area contributed by atoms with Crippen molar-refractivity contribution in [2.75, 3.05) is 7.11 Å². The molecule has 18 heavy (non-hydrogen) atoms. The van der Waals surface area contributed by atoms with E-state index in [1.807, 2.05) is 5.16 Å². The molecule has 1 aliphatic carbocycles. The lowest BCUT2D eigenvalue weighted by atomic mass is 10.0. The summed E-state index contributed by atoms with van der Waals surface area (Å²) < 4.78 is 23.9.